The van der Waals surface area contributed by atoms with E-state index in [9.17, 15) is 4.79 Å². The summed E-state index contributed by atoms with van der Waals surface area (Å²) in [6.45, 7) is 2.09. The van der Waals surface area contributed by atoms with Crippen LogP contribution in [0.25, 0.3) is 0 Å². The maximum Gasteiger partial charge on any atom is 0.273 e. The molecule has 2 aromatic heterocycles. The lowest BCUT2D eigenvalue weighted by atomic mass is 10.2. The summed E-state index contributed by atoms with van der Waals surface area (Å²) >= 11 is 0. The quantitative estimate of drug-likeness (QED) is 0.648. The first kappa shape index (κ1) is 10.9. The van der Waals surface area contributed by atoms with E-state index in [1.807, 2.05) is 0 Å². The van der Waals surface area contributed by atoms with Gasteiger partial charge in [0.25, 0.3) is 5.91 Å². The molecule has 0 radical (unpaired) electrons. The van der Waals surface area contributed by atoms with Gasteiger partial charge in [0, 0.05) is 25.5 Å². The van der Waals surface area contributed by atoms with Crippen LogP contribution in [0.2, 0.25) is 0 Å². The first-order chi connectivity index (χ1) is 8.83. The van der Waals surface area contributed by atoms with Crippen molar-refractivity contribution in [1.29, 1.82) is 0 Å². The number of H-pyrrole nitrogens is 1. The number of nitrogens with one attached hydrogen (secondary N) is 3. The third-order valence-corrected chi connectivity index (χ3v) is 2.85. The summed E-state index contributed by atoms with van der Waals surface area (Å²) in [4.78, 5) is 18.7. The van der Waals surface area contributed by atoms with Gasteiger partial charge in [-0.3, -0.25) is 4.79 Å². The van der Waals surface area contributed by atoms with Gasteiger partial charge >= 0.3 is 0 Å². The van der Waals surface area contributed by atoms with E-state index in [4.69, 9.17) is 0 Å². The highest BCUT2D eigenvalue weighted by molar-refractivity contribution is 5.91. The van der Waals surface area contributed by atoms with Crippen LogP contribution in [0.3, 0.4) is 0 Å². The van der Waals surface area contributed by atoms with Gasteiger partial charge in [-0.25, -0.2) is 9.67 Å². The average molecular weight is 247 g/mol. The van der Waals surface area contributed by atoms with Crippen LogP contribution in [-0.4, -0.2) is 44.0 Å². The minimum absolute atomic E-state index is 0.245. The third kappa shape index (κ3) is 2.09. The Hall–Kier alpha value is -2.22. The Balaban J connectivity index is 1.59. The molecule has 0 saturated carbocycles. The van der Waals surface area contributed by atoms with Crippen molar-refractivity contribution < 1.29 is 4.79 Å². The molecule has 1 amide bonds. The summed E-state index contributed by atoms with van der Waals surface area (Å²) in [5, 5.41) is 13.7. The second-order valence-electron chi connectivity index (χ2n) is 4.11. The van der Waals surface area contributed by atoms with Crippen LogP contribution >= 0.6 is 0 Å². The molecule has 0 bridgehead atoms. The number of hydrogen-bond donors (Lipinski definition) is 3. The molecule has 0 unspecified atom stereocenters. The van der Waals surface area contributed by atoms with Crippen LogP contribution in [-0.2, 0) is 6.54 Å². The van der Waals surface area contributed by atoms with E-state index in [0.717, 1.165) is 13.1 Å². The van der Waals surface area contributed by atoms with Crippen molar-refractivity contribution in [3.8, 4) is 0 Å². The molecule has 1 saturated heterocycles. The number of carbonyl (C=O) groups excluding carboxylic acids is 1. The highest BCUT2D eigenvalue weighted by atomic mass is 16.2. The molecule has 2 aromatic rings. The lowest BCUT2D eigenvalue weighted by Gasteiger charge is -2.26. The predicted molar refractivity (Wildman–Crippen MR) is 61.7 cm³/mol. The van der Waals surface area contributed by atoms with Crippen LogP contribution < -0.4 is 10.6 Å². The summed E-state index contributed by atoms with van der Waals surface area (Å²) in [5.41, 5.74) is 0.327. The van der Waals surface area contributed by atoms with Crippen molar-refractivity contribution >= 4 is 5.91 Å². The van der Waals surface area contributed by atoms with E-state index in [-0.39, 0.29) is 5.91 Å². The van der Waals surface area contributed by atoms with Crippen LogP contribution in [0.15, 0.2) is 18.6 Å². The molecular weight excluding hydrogens is 234 g/mol. The molecule has 1 aliphatic heterocycles. The van der Waals surface area contributed by atoms with Gasteiger partial charge in [-0.1, -0.05) is 5.21 Å². The second kappa shape index (κ2) is 4.57. The molecule has 0 spiro atoms. The molecule has 0 aromatic carbocycles. The Bertz CT molecular complexity index is 528. The monoisotopic (exact) mass is 247 g/mol. The number of nitrogens with zero attached hydrogens (tertiary/aromatic N) is 4. The number of amides is 1. The van der Waals surface area contributed by atoms with Gasteiger partial charge in [0.1, 0.15) is 5.82 Å². The summed E-state index contributed by atoms with van der Waals surface area (Å²) in [6.07, 6.45) is 5.02. The van der Waals surface area contributed by atoms with E-state index in [2.05, 4.69) is 30.9 Å². The fourth-order valence-electron chi connectivity index (χ4n) is 1.67. The average Bonchev–Trinajstić information content (AvgIpc) is 2.94. The van der Waals surface area contributed by atoms with E-state index < -0.39 is 0 Å². The molecule has 1 fully saturated rings. The number of aromatic amines is 1. The normalized spacial score (nSPS) is 15.3. The maximum atomic E-state index is 11.8. The first-order valence-corrected chi connectivity index (χ1v) is 5.72. The molecule has 0 aliphatic carbocycles. The van der Waals surface area contributed by atoms with Crippen molar-refractivity contribution in [2.24, 2.45) is 0 Å². The fourth-order valence-corrected chi connectivity index (χ4v) is 1.67. The Labute approximate surface area is 103 Å². The lowest BCUT2D eigenvalue weighted by molar-refractivity contribution is 0.0945. The topological polar surface area (TPSA) is 101 Å². The molecule has 1 aliphatic rings. The van der Waals surface area contributed by atoms with Crippen molar-refractivity contribution in [1.82, 2.24) is 35.6 Å². The Kier molecular flexibility index (Phi) is 2.77. The highest BCUT2D eigenvalue weighted by Gasteiger charge is 2.21. The van der Waals surface area contributed by atoms with Crippen LogP contribution in [0, 0.1) is 0 Å². The molecular formula is C10H13N7O. The maximum absolute atomic E-state index is 11.8. The van der Waals surface area contributed by atoms with Gasteiger partial charge in [-0.15, -0.1) is 5.10 Å². The van der Waals surface area contributed by atoms with E-state index in [0.29, 0.717) is 24.1 Å². The van der Waals surface area contributed by atoms with Crippen molar-refractivity contribution in [3.63, 3.8) is 0 Å². The summed E-state index contributed by atoms with van der Waals surface area (Å²) < 4.78 is 1.72. The van der Waals surface area contributed by atoms with Gasteiger partial charge in [0.2, 0.25) is 0 Å². The molecule has 18 heavy (non-hydrogen) atoms. The Morgan fingerprint density at radius 2 is 2.44 bits per heavy atom. The second-order valence-corrected chi connectivity index (χ2v) is 4.11. The van der Waals surface area contributed by atoms with Gasteiger partial charge in [-0.05, 0) is 0 Å². The van der Waals surface area contributed by atoms with Gasteiger partial charge in [0.05, 0.1) is 18.8 Å². The number of imidazole rings is 1. The smallest absolute Gasteiger partial charge is 0.273 e. The minimum atomic E-state index is -0.245. The van der Waals surface area contributed by atoms with Crippen molar-refractivity contribution in [2.45, 2.75) is 12.6 Å². The largest absolute Gasteiger partial charge is 0.347 e. The van der Waals surface area contributed by atoms with E-state index in [1.54, 1.807) is 23.3 Å². The van der Waals surface area contributed by atoms with Gasteiger partial charge in [0.15, 0.2) is 5.69 Å². The zero-order valence-electron chi connectivity index (χ0n) is 9.63. The number of carbonyl (C=O) groups is 1. The highest BCUT2D eigenvalue weighted by Crippen LogP contribution is 2.09. The number of hydrogen-bond acceptors (Lipinski definition) is 5. The molecule has 3 rings (SSSR count). The molecule has 8 nitrogen and oxygen atoms in total. The summed E-state index contributed by atoms with van der Waals surface area (Å²) in [6, 6.07) is 0.309. The molecule has 3 N–H and O–H groups in total. The number of aromatic nitrogens is 5. The first-order valence-electron chi connectivity index (χ1n) is 5.72. The predicted octanol–water partition coefficient (Wildman–Crippen LogP) is -0.924. The molecule has 94 valence electrons. The SMILES string of the molecule is O=C(NCc1ncc[nH]1)c1cn(C2CNC2)nn1. The third-order valence-electron chi connectivity index (χ3n) is 2.85. The summed E-state index contributed by atoms with van der Waals surface area (Å²) in [5.74, 6) is 0.462. The van der Waals surface area contributed by atoms with Crippen LogP contribution in [0.4, 0.5) is 0 Å². The lowest BCUT2D eigenvalue weighted by Crippen LogP contribution is -2.43. The molecule has 0 atom stereocenters. The molecule has 8 heteroatoms. The Morgan fingerprint density at radius 1 is 1.56 bits per heavy atom. The number of rotatable bonds is 4. The van der Waals surface area contributed by atoms with Crippen LogP contribution in [0.1, 0.15) is 22.4 Å². The summed E-state index contributed by atoms with van der Waals surface area (Å²) in [7, 11) is 0. The minimum Gasteiger partial charge on any atom is -0.347 e. The Morgan fingerprint density at radius 3 is 3.11 bits per heavy atom. The van der Waals surface area contributed by atoms with E-state index >= 15 is 0 Å². The zero-order chi connectivity index (χ0) is 12.4. The van der Waals surface area contributed by atoms with Gasteiger partial charge < -0.3 is 15.6 Å². The zero-order valence-corrected chi connectivity index (χ0v) is 9.63. The van der Waals surface area contributed by atoms with E-state index in [1.165, 1.54) is 0 Å². The van der Waals surface area contributed by atoms with Crippen LogP contribution in [0.5, 0.6) is 0 Å². The van der Waals surface area contributed by atoms with Crippen molar-refractivity contribution in [2.75, 3.05) is 13.1 Å². The molecule has 3 heterocycles. The van der Waals surface area contributed by atoms with Crippen molar-refractivity contribution in [3.05, 3.63) is 30.1 Å². The standard InChI is InChI=1S/C10H13N7O/c18-10(14-5-9-12-1-2-13-9)8-6-17(16-15-8)7-3-11-4-7/h1-2,6-7,11H,3-5H2,(H,12,13)(H,14,18). The fraction of sp³-hybridized carbons (Fsp3) is 0.400. The van der Waals surface area contributed by atoms with Gasteiger partial charge in [-0.2, -0.15) is 0 Å².